The molecule has 6 heteroatoms. The number of hydrogen-bond donors (Lipinski definition) is 0. The van der Waals surface area contributed by atoms with Crippen LogP contribution in [0.1, 0.15) is 102 Å². The molecule has 0 spiro atoms. The lowest BCUT2D eigenvalue weighted by atomic mass is 9.80. The number of aromatic nitrogens is 1. The number of fused-ring (bicyclic) bond motifs is 1. The molecule has 218 valence electrons. The molecule has 0 amide bonds. The number of halogens is 2. The van der Waals surface area contributed by atoms with Crippen LogP contribution in [0.15, 0.2) is 24.4 Å². The lowest BCUT2D eigenvalue weighted by molar-refractivity contribution is 0.116. The molecule has 1 aliphatic carbocycles. The fourth-order valence-corrected chi connectivity index (χ4v) is 5.25. The molecule has 0 saturated carbocycles. The second kappa shape index (κ2) is 18.3. The largest absolute Gasteiger partial charge is 0.492 e. The molecule has 1 unspecified atom stereocenters. The first kappa shape index (κ1) is 31.5. The number of nitrogens with zero attached hydrogens (tertiary/aromatic N) is 1. The highest BCUT2D eigenvalue weighted by Gasteiger charge is 2.26. The summed E-state index contributed by atoms with van der Waals surface area (Å²) >= 11 is 0. The summed E-state index contributed by atoms with van der Waals surface area (Å²) in [5, 5.41) is 0. The van der Waals surface area contributed by atoms with Gasteiger partial charge in [-0.3, -0.25) is 4.98 Å². The van der Waals surface area contributed by atoms with Gasteiger partial charge in [0.05, 0.1) is 18.5 Å². The van der Waals surface area contributed by atoms with Gasteiger partial charge in [-0.1, -0.05) is 58.8 Å². The van der Waals surface area contributed by atoms with E-state index in [1.54, 1.807) is 24.4 Å². The Kier molecular flexibility index (Phi) is 14.8. The van der Waals surface area contributed by atoms with Crippen molar-refractivity contribution in [1.82, 2.24) is 4.98 Å². The topological polar surface area (TPSA) is 40.6 Å². The molecule has 4 nitrogen and oxygen atoms in total. The van der Waals surface area contributed by atoms with Crippen molar-refractivity contribution >= 4 is 0 Å². The van der Waals surface area contributed by atoms with Crippen molar-refractivity contribution in [3.05, 3.63) is 47.2 Å². The summed E-state index contributed by atoms with van der Waals surface area (Å²) in [6.07, 6.45) is 16.3. The third kappa shape index (κ3) is 10.8. The van der Waals surface area contributed by atoms with E-state index in [0.29, 0.717) is 42.6 Å². The Hall–Kier alpha value is -2.05. The number of rotatable bonds is 20. The number of hydrogen-bond acceptors (Lipinski definition) is 4. The van der Waals surface area contributed by atoms with Gasteiger partial charge in [0, 0.05) is 38.4 Å². The van der Waals surface area contributed by atoms with E-state index in [2.05, 4.69) is 18.8 Å². The predicted molar refractivity (Wildman–Crippen MR) is 154 cm³/mol. The van der Waals surface area contributed by atoms with Crippen molar-refractivity contribution in [2.45, 2.75) is 104 Å². The van der Waals surface area contributed by atoms with Crippen molar-refractivity contribution in [1.29, 1.82) is 0 Å². The second-order valence-electron chi connectivity index (χ2n) is 10.9. The lowest BCUT2D eigenvalue weighted by Crippen LogP contribution is -2.17. The molecule has 0 bridgehead atoms. The average Bonchev–Trinajstić information content (AvgIpc) is 2.96. The lowest BCUT2D eigenvalue weighted by Gasteiger charge is -2.26. The van der Waals surface area contributed by atoms with Gasteiger partial charge >= 0.3 is 0 Å². The van der Waals surface area contributed by atoms with Crippen molar-refractivity contribution in [2.24, 2.45) is 5.92 Å². The summed E-state index contributed by atoms with van der Waals surface area (Å²) in [5.74, 6) is -0.460. The molecule has 0 saturated heterocycles. The van der Waals surface area contributed by atoms with Crippen LogP contribution in [0.2, 0.25) is 0 Å². The molecule has 2 aromatic rings. The highest BCUT2D eigenvalue weighted by molar-refractivity contribution is 5.63. The minimum absolute atomic E-state index is 0.232. The molecule has 1 heterocycles. The van der Waals surface area contributed by atoms with Crippen molar-refractivity contribution < 1.29 is 23.0 Å². The van der Waals surface area contributed by atoms with Gasteiger partial charge in [0.25, 0.3) is 0 Å². The predicted octanol–water partition coefficient (Wildman–Crippen LogP) is 8.87. The highest BCUT2D eigenvalue weighted by Crippen LogP contribution is 2.36. The normalized spacial score (nSPS) is 14.9. The molecule has 3 rings (SSSR count). The number of pyridine rings is 1. The summed E-state index contributed by atoms with van der Waals surface area (Å²) < 4.78 is 47.3. The summed E-state index contributed by atoms with van der Waals surface area (Å²) in [5.41, 5.74) is 2.14. The summed E-state index contributed by atoms with van der Waals surface area (Å²) in [7, 11) is 0. The van der Waals surface area contributed by atoms with Gasteiger partial charge in [0.15, 0.2) is 11.6 Å². The van der Waals surface area contributed by atoms with Gasteiger partial charge in [0.2, 0.25) is 0 Å². The summed E-state index contributed by atoms with van der Waals surface area (Å²) in [4.78, 5) is 4.38. The Morgan fingerprint density at radius 3 is 2.15 bits per heavy atom. The number of aryl methyl sites for hydroxylation is 1. The van der Waals surface area contributed by atoms with Crippen molar-refractivity contribution in [3.8, 4) is 17.0 Å². The van der Waals surface area contributed by atoms with Gasteiger partial charge in [-0.2, -0.15) is 0 Å². The van der Waals surface area contributed by atoms with Gasteiger partial charge < -0.3 is 14.2 Å². The van der Waals surface area contributed by atoms with Crippen molar-refractivity contribution in [2.75, 3.05) is 33.0 Å². The van der Waals surface area contributed by atoms with E-state index < -0.39 is 11.6 Å². The van der Waals surface area contributed by atoms with Crippen LogP contribution >= 0.6 is 0 Å². The van der Waals surface area contributed by atoms with E-state index in [0.717, 1.165) is 83.2 Å². The first-order valence-corrected chi connectivity index (χ1v) is 15.4. The standard InChI is InChI=1S/C33H49F2NO3/c1-3-5-9-18-37-20-11-7-8-13-26-14-15-27-24-30(33(35)32(34)29(27)23-26)31-17-16-28(25-36-31)39-22-12-21-38-19-10-6-4-2/h16-17,24-26H,3-15,18-23H2,1-2H3. The molecule has 1 aromatic carbocycles. The van der Waals surface area contributed by atoms with Gasteiger partial charge in [-0.05, 0) is 73.8 Å². The monoisotopic (exact) mass is 545 g/mol. The number of unbranched alkanes of at least 4 members (excludes halogenated alkanes) is 6. The molecule has 0 aliphatic heterocycles. The zero-order chi connectivity index (χ0) is 27.7. The Balaban J connectivity index is 1.43. The third-order valence-corrected chi connectivity index (χ3v) is 7.61. The first-order chi connectivity index (χ1) is 19.1. The zero-order valence-corrected chi connectivity index (χ0v) is 24.2. The Labute approximate surface area is 234 Å². The van der Waals surface area contributed by atoms with Crippen LogP contribution < -0.4 is 4.74 Å². The van der Waals surface area contributed by atoms with Gasteiger partial charge in [-0.15, -0.1) is 0 Å². The van der Waals surface area contributed by atoms with Crippen LogP contribution in [0.4, 0.5) is 8.78 Å². The fraction of sp³-hybridized carbons (Fsp3) is 0.667. The number of benzene rings is 1. The van der Waals surface area contributed by atoms with E-state index in [4.69, 9.17) is 14.2 Å². The fourth-order valence-electron chi connectivity index (χ4n) is 5.25. The van der Waals surface area contributed by atoms with E-state index in [1.165, 1.54) is 25.7 Å². The van der Waals surface area contributed by atoms with Crippen LogP contribution in [0.5, 0.6) is 5.75 Å². The Morgan fingerprint density at radius 2 is 1.49 bits per heavy atom. The molecule has 0 N–H and O–H groups in total. The van der Waals surface area contributed by atoms with Gasteiger partial charge in [-0.25, -0.2) is 8.78 Å². The number of ether oxygens (including phenoxy) is 3. The molecule has 1 aromatic heterocycles. The molecule has 39 heavy (non-hydrogen) atoms. The summed E-state index contributed by atoms with van der Waals surface area (Å²) in [6.45, 7) is 8.06. The second-order valence-corrected chi connectivity index (χ2v) is 10.9. The molecule has 1 aliphatic rings. The molecule has 1 atom stereocenters. The highest BCUT2D eigenvalue weighted by atomic mass is 19.2. The van der Waals surface area contributed by atoms with E-state index >= 15 is 8.78 Å². The Morgan fingerprint density at radius 1 is 0.795 bits per heavy atom. The molecular formula is C33H49F2NO3. The van der Waals surface area contributed by atoms with Crippen LogP contribution in [-0.2, 0) is 22.3 Å². The first-order valence-electron chi connectivity index (χ1n) is 15.4. The third-order valence-electron chi connectivity index (χ3n) is 7.61. The minimum atomic E-state index is -0.795. The maximum atomic E-state index is 15.2. The van der Waals surface area contributed by atoms with Crippen molar-refractivity contribution in [3.63, 3.8) is 0 Å². The van der Waals surface area contributed by atoms with E-state index in [-0.39, 0.29) is 5.56 Å². The minimum Gasteiger partial charge on any atom is -0.492 e. The quantitative estimate of drug-likeness (QED) is 0.156. The zero-order valence-electron chi connectivity index (χ0n) is 24.2. The summed E-state index contributed by atoms with van der Waals surface area (Å²) in [6, 6.07) is 5.28. The van der Waals surface area contributed by atoms with Gasteiger partial charge in [0.1, 0.15) is 5.75 Å². The van der Waals surface area contributed by atoms with E-state index in [9.17, 15) is 0 Å². The molecular weight excluding hydrogens is 496 g/mol. The van der Waals surface area contributed by atoms with Crippen LogP contribution in [0.3, 0.4) is 0 Å². The van der Waals surface area contributed by atoms with Crippen LogP contribution in [0, 0.1) is 17.6 Å². The Bertz CT molecular complexity index is 951. The smallest absolute Gasteiger partial charge is 0.168 e. The maximum absolute atomic E-state index is 15.2. The average molecular weight is 546 g/mol. The SMILES string of the molecule is CCCCCOCCCCCC1CCc2cc(-c3ccc(OCCCOCCCCC)cn3)c(F)c(F)c2C1. The van der Waals surface area contributed by atoms with Crippen LogP contribution in [-0.4, -0.2) is 38.0 Å². The maximum Gasteiger partial charge on any atom is 0.168 e. The molecule has 0 fully saturated rings. The molecule has 0 radical (unpaired) electrons. The van der Waals surface area contributed by atoms with Crippen LogP contribution in [0.25, 0.3) is 11.3 Å². The van der Waals surface area contributed by atoms with E-state index in [1.807, 2.05) is 0 Å².